The maximum Gasteiger partial charge on any atom is 0.323 e. The van der Waals surface area contributed by atoms with Gasteiger partial charge in [0.05, 0.1) is 37.5 Å². The molecule has 3 N–H and O–H groups in total. The Morgan fingerprint density at radius 1 is 1.09 bits per heavy atom. The van der Waals surface area contributed by atoms with Gasteiger partial charge in [-0.3, -0.25) is 14.7 Å². The van der Waals surface area contributed by atoms with Gasteiger partial charge in [-0.25, -0.2) is 4.79 Å². The van der Waals surface area contributed by atoms with Crippen LogP contribution in [-0.4, -0.2) is 90.5 Å². The van der Waals surface area contributed by atoms with Gasteiger partial charge in [0.2, 0.25) is 0 Å². The minimum absolute atomic E-state index is 0.0457. The van der Waals surface area contributed by atoms with E-state index in [0.717, 1.165) is 31.4 Å². The van der Waals surface area contributed by atoms with Crippen molar-refractivity contribution in [3.05, 3.63) is 78.1 Å². The lowest BCUT2D eigenvalue weighted by molar-refractivity contribution is -0.0177. The molecule has 4 rings (SSSR count). The number of carbonyl (C=O) groups excluding carboxylic acids is 2. The van der Waals surface area contributed by atoms with Crippen LogP contribution in [0.5, 0.6) is 11.5 Å². The van der Waals surface area contributed by atoms with Gasteiger partial charge in [-0.15, -0.1) is 0 Å². The highest BCUT2D eigenvalue weighted by Crippen LogP contribution is 2.29. The predicted octanol–water partition coefficient (Wildman–Crippen LogP) is 5.66. The summed E-state index contributed by atoms with van der Waals surface area (Å²) in [7, 11) is 3.64. The molecule has 2 heterocycles. The number of fused-ring (bicyclic) bond motifs is 1. The van der Waals surface area contributed by atoms with Crippen LogP contribution < -0.4 is 20.1 Å². The van der Waals surface area contributed by atoms with E-state index in [2.05, 4.69) is 34.5 Å². The molecule has 2 aromatic carbocycles. The molecule has 1 aliphatic heterocycles. The number of pyridine rings is 1. The van der Waals surface area contributed by atoms with Crippen molar-refractivity contribution < 1.29 is 28.9 Å². The van der Waals surface area contributed by atoms with Crippen LogP contribution in [0.4, 0.5) is 16.2 Å². The molecular weight excluding hydrogens is 598 g/mol. The molecule has 0 bridgehead atoms. The molecule has 47 heavy (non-hydrogen) atoms. The Labute approximate surface area is 278 Å². The lowest BCUT2D eigenvalue weighted by Crippen LogP contribution is -2.47. The number of aliphatic hydroxyl groups excluding tert-OH is 1. The predicted molar refractivity (Wildman–Crippen MR) is 183 cm³/mol. The number of hydrogen-bond acceptors (Lipinski definition) is 8. The van der Waals surface area contributed by atoms with Crippen LogP contribution in [-0.2, 0) is 11.3 Å². The molecule has 11 nitrogen and oxygen atoms in total. The molecule has 3 aromatic rings. The van der Waals surface area contributed by atoms with Crippen LogP contribution in [0.15, 0.2) is 67.0 Å². The highest BCUT2D eigenvalue weighted by atomic mass is 16.5. The van der Waals surface area contributed by atoms with Crippen LogP contribution in [0.2, 0.25) is 0 Å². The van der Waals surface area contributed by atoms with Gasteiger partial charge in [0.15, 0.2) is 0 Å². The Hall–Kier alpha value is -4.19. The van der Waals surface area contributed by atoms with Crippen LogP contribution in [0.25, 0.3) is 0 Å². The van der Waals surface area contributed by atoms with Gasteiger partial charge in [-0.05, 0) is 100 Å². The number of anilines is 2. The number of aliphatic hydroxyl groups is 1. The molecule has 1 aliphatic rings. The molecule has 0 saturated heterocycles. The van der Waals surface area contributed by atoms with Crippen molar-refractivity contribution in [1.82, 2.24) is 14.8 Å². The maximum atomic E-state index is 14.4. The first kappa shape index (κ1) is 35.7. The van der Waals surface area contributed by atoms with E-state index in [1.807, 2.05) is 26.0 Å². The van der Waals surface area contributed by atoms with Crippen LogP contribution in [0, 0.1) is 5.92 Å². The first-order chi connectivity index (χ1) is 22.7. The lowest BCUT2D eigenvalue weighted by atomic mass is 10.0. The van der Waals surface area contributed by atoms with Gasteiger partial charge >= 0.3 is 6.03 Å². The van der Waals surface area contributed by atoms with Gasteiger partial charge in [0, 0.05) is 55.9 Å². The summed E-state index contributed by atoms with van der Waals surface area (Å²) in [6.45, 7) is 8.08. The number of urea groups is 1. The number of nitrogens with one attached hydrogen (secondary N) is 2. The van der Waals surface area contributed by atoms with E-state index in [9.17, 15) is 14.7 Å². The van der Waals surface area contributed by atoms with Gasteiger partial charge in [0.25, 0.3) is 5.91 Å². The lowest BCUT2D eigenvalue weighted by Gasteiger charge is -2.36. The zero-order chi connectivity index (χ0) is 33.8. The van der Waals surface area contributed by atoms with Gasteiger partial charge < -0.3 is 34.9 Å². The monoisotopic (exact) mass is 647 g/mol. The van der Waals surface area contributed by atoms with Gasteiger partial charge in [-0.1, -0.05) is 6.92 Å². The third-order valence-electron chi connectivity index (χ3n) is 8.35. The first-order valence-electron chi connectivity index (χ1n) is 16.3. The number of aromatic nitrogens is 1. The van der Waals surface area contributed by atoms with Crippen LogP contribution in [0.3, 0.4) is 0 Å². The summed E-state index contributed by atoms with van der Waals surface area (Å²) >= 11 is 0. The Bertz CT molecular complexity index is 1420. The molecular formula is C36H49N5O6. The fourth-order valence-corrected chi connectivity index (χ4v) is 5.60. The number of amides is 3. The molecule has 1 aromatic heterocycles. The Morgan fingerprint density at radius 2 is 1.79 bits per heavy atom. The minimum atomic E-state index is -0.465. The zero-order valence-corrected chi connectivity index (χ0v) is 28.1. The van der Waals surface area contributed by atoms with Crippen molar-refractivity contribution in [2.24, 2.45) is 5.92 Å². The highest BCUT2D eigenvalue weighted by molar-refractivity contribution is 6.02. The Balaban J connectivity index is 1.57. The average molecular weight is 648 g/mol. The zero-order valence-electron chi connectivity index (χ0n) is 28.1. The summed E-state index contributed by atoms with van der Waals surface area (Å²) in [5.41, 5.74) is 2.50. The number of rotatable bonds is 9. The molecule has 0 fully saturated rings. The van der Waals surface area contributed by atoms with Crippen molar-refractivity contribution in [2.45, 2.75) is 64.8 Å². The molecule has 3 amide bonds. The maximum absolute atomic E-state index is 14.4. The number of benzene rings is 2. The third-order valence-corrected chi connectivity index (χ3v) is 8.35. The van der Waals surface area contributed by atoms with E-state index < -0.39 is 12.1 Å². The van der Waals surface area contributed by atoms with E-state index >= 15 is 0 Å². The largest absolute Gasteiger partial charge is 0.497 e. The summed E-state index contributed by atoms with van der Waals surface area (Å²) in [5.74, 6) is 0.783. The summed E-state index contributed by atoms with van der Waals surface area (Å²) in [5, 5.41) is 15.9. The second kappa shape index (κ2) is 17.7. The Morgan fingerprint density at radius 3 is 2.49 bits per heavy atom. The van der Waals surface area contributed by atoms with E-state index in [4.69, 9.17) is 14.2 Å². The first-order valence-corrected chi connectivity index (χ1v) is 16.3. The standard InChI is InChI=1S/C36H49N5O6/c1-25-21-41(26(2)24-42)35(43)32-20-30(39-36(44)38-29-9-12-31(45-5)13-10-29)11-14-33(32)47-27(3)8-6-7-19-46-34(25)23-40(4)22-28-15-17-37-18-16-28/h9-18,20,25-27,34,42H,6-8,19,21-24H2,1-5H3,(H2,38,39,44)/t25-,26-,27+,34-/m1/s1. The smallest absolute Gasteiger partial charge is 0.323 e. The number of carbonyl (C=O) groups is 2. The second-order valence-electron chi connectivity index (χ2n) is 12.4. The molecule has 0 saturated carbocycles. The van der Waals surface area contributed by atoms with Crippen molar-refractivity contribution in [3.63, 3.8) is 0 Å². The van der Waals surface area contributed by atoms with Crippen molar-refractivity contribution in [1.29, 1.82) is 0 Å². The Kier molecular flexibility index (Phi) is 13.4. The average Bonchev–Trinajstić information content (AvgIpc) is 3.06. The summed E-state index contributed by atoms with van der Waals surface area (Å²) in [6.07, 6.45) is 5.89. The SMILES string of the molecule is COc1ccc(NC(=O)Nc2ccc3c(c2)C(=O)N([C@H](C)CO)C[C@@H](C)[C@@H](CN(C)Cc2ccncc2)OCCCC[C@H](C)O3)cc1. The third kappa shape index (κ3) is 10.7. The minimum Gasteiger partial charge on any atom is -0.497 e. The number of nitrogens with zero attached hydrogens (tertiary/aromatic N) is 3. The van der Waals surface area contributed by atoms with Gasteiger partial charge in [0.1, 0.15) is 11.5 Å². The van der Waals surface area contributed by atoms with E-state index in [1.165, 1.54) is 0 Å². The summed E-state index contributed by atoms with van der Waals surface area (Å²) < 4.78 is 18.0. The fourth-order valence-electron chi connectivity index (χ4n) is 5.60. The topological polar surface area (TPSA) is 125 Å². The quantitative estimate of drug-likeness (QED) is 0.272. The number of likely N-dealkylation sites (N-methyl/N-ethyl adjacent to an activating group) is 1. The van der Waals surface area contributed by atoms with E-state index in [-0.39, 0.29) is 30.6 Å². The highest BCUT2D eigenvalue weighted by Gasteiger charge is 2.30. The van der Waals surface area contributed by atoms with Crippen molar-refractivity contribution in [3.8, 4) is 11.5 Å². The molecule has 0 aliphatic carbocycles. The molecule has 11 heteroatoms. The number of ether oxygens (including phenoxy) is 3. The molecule has 0 unspecified atom stereocenters. The van der Waals surface area contributed by atoms with E-state index in [1.54, 1.807) is 66.9 Å². The molecule has 0 radical (unpaired) electrons. The van der Waals surface area contributed by atoms with Gasteiger partial charge in [-0.2, -0.15) is 0 Å². The van der Waals surface area contributed by atoms with Crippen LogP contribution >= 0.6 is 0 Å². The summed E-state index contributed by atoms with van der Waals surface area (Å²) in [4.78, 5) is 35.3. The summed E-state index contributed by atoms with van der Waals surface area (Å²) in [6, 6.07) is 15.2. The second-order valence-corrected chi connectivity index (χ2v) is 12.4. The normalized spacial score (nSPS) is 20.0. The number of methoxy groups -OCH3 is 1. The number of hydrogen-bond donors (Lipinski definition) is 3. The molecule has 0 spiro atoms. The molecule has 254 valence electrons. The van der Waals surface area contributed by atoms with Crippen molar-refractivity contribution in [2.75, 3.05) is 51.1 Å². The van der Waals surface area contributed by atoms with Crippen LogP contribution in [0.1, 0.15) is 56.0 Å². The van der Waals surface area contributed by atoms with Crippen molar-refractivity contribution >= 4 is 23.3 Å². The molecule has 4 atom stereocenters. The van der Waals surface area contributed by atoms with E-state index in [0.29, 0.717) is 48.1 Å². The fraction of sp³-hybridized carbons (Fsp3) is 0.472.